The number of benzene rings is 6. The van der Waals surface area contributed by atoms with Crippen LogP contribution in [0.2, 0.25) is 0 Å². The molecule has 0 saturated carbocycles. The monoisotopic (exact) mass is 1300 g/mol. The van der Waals surface area contributed by atoms with Crippen LogP contribution in [0.5, 0.6) is 11.5 Å². The Hall–Kier alpha value is -8.73. The van der Waals surface area contributed by atoms with Crippen molar-refractivity contribution in [2.45, 2.75) is 0 Å². The number of hydrogen-bond donors (Lipinski definition) is 0. The second-order valence-corrected chi connectivity index (χ2v) is 16.1. The van der Waals surface area contributed by atoms with Gasteiger partial charge in [-0.05, 0) is 93.6 Å². The summed E-state index contributed by atoms with van der Waals surface area (Å²) in [4.78, 5) is 22.6. The van der Waals surface area contributed by atoms with Gasteiger partial charge in [-0.3, -0.25) is 6.07 Å². The second kappa shape index (κ2) is 21.7. The normalized spacial score (nSPS) is 10.8. The third-order valence-electron chi connectivity index (χ3n) is 11.7. The van der Waals surface area contributed by atoms with Crippen LogP contribution >= 0.6 is 0 Å². The van der Waals surface area contributed by atoms with Gasteiger partial charge in [0.15, 0.2) is 11.6 Å². The number of pyridine rings is 3. The Balaban J connectivity index is 0.00000306. The van der Waals surface area contributed by atoms with Crippen LogP contribution in [-0.4, -0.2) is 54.4 Å². The van der Waals surface area contributed by atoms with Crippen molar-refractivity contribution in [1.29, 1.82) is 0 Å². The van der Waals surface area contributed by atoms with Gasteiger partial charge >= 0.3 is 41.2 Å². The Bertz CT molecular complexity index is 3650. The SMILES string of the molecule is [Ir+3].[Pt+2].[c-]1cc(-c2ccccc2-c2cc(-c3nncn3-c3c[c-]c(-c4ccccn4)cc3)cc(-c3nncn3-c3c[c-]c(-c4ccccn4)cc3)c2)c(Oc2[c-]c(-c3ccccn3)ccc2)[c-]c1-c1ncccn1. The first kappa shape index (κ1) is 47.9. The van der Waals surface area contributed by atoms with Crippen LogP contribution in [0, 0.1) is 30.3 Å². The predicted octanol–water partition coefficient (Wildman–Crippen LogP) is 11.9. The van der Waals surface area contributed by atoms with E-state index in [1.54, 1.807) is 49.7 Å². The van der Waals surface area contributed by atoms with Crippen LogP contribution in [0.3, 0.4) is 0 Å². The van der Waals surface area contributed by atoms with Crippen molar-refractivity contribution in [1.82, 2.24) is 54.4 Å². The molecular weight excluding hydrogens is 1270 g/mol. The second-order valence-electron chi connectivity index (χ2n) is 16.1. The minimum atomic E-state index is 0. The van der Waals surface area contributed by atoms with Crippen LogP contribution in [0.4, 0.5) is 0 Å². The Morgan fingerprint density at radius 2 is 0.959 bits per heavy atom. The number of aromatic nitrogens is 11. The van der Waals surface area contributed by atoms with Crippen molar-refractivity contribution in [2.75, 3.05) is 0 Å². The van der Waals surface area contributed by atoms with Gasteiger partial charge in [0.2, 0.25) is 0 Å². The molecule has 6 heterocycles. The molecule has 0 atom stereocenters. The minimum absolute atomic E-state index is 0. The van der Waals surface area contributed by atoms with Crippen molar-refractivity contribution in [2.24, 2.45) is 0 Å². The zero-order chi connectivity index (χ0) is 47.3. The average Bonchev–Trinajstić information content (AvgIpc) is 4.16. The van der Waals surface area contributed by atoms with Gasteiger partial charge in [0.1, 0.15) is 12.7 Å². The van der Waals surface area contributed by atoms with Gasteiger partial charge in [0.05, 0.1) is 0 Å². The van der Waals surface area contributed by atoms with E-state index in [4.69, 9.17) is 14.9 Å². The molecule has 0 unspecified atom stereocenters. The van der Waals surface area contributed by atoms with Crippen molar-refractivity contribution >= 4 is 0 Å². The number of rotatable bonds is 12. The summed E-state index contributed by atoms with van der Waals surface area (Å²) in [6, 6.07) is 70.2. The summed E-state index contributed by atoms with van der Waals surface area (Å²) in [5.41, 5.74) is 12.0. The molecule has 350 valence electrons. The van der Waals surface area contributed by atoms with Crippen LogP contribution < -0.4 is 4.74 Å². The van der Waals surface area contributed by atoms with E-state index in [2.05, 4.69) is 95.8 Å². The Kier molecular flexibility index (Phi) is 14.3. The summed E-state index contributed by atoms with van der Waals surface area (Å²) in [5.74, 6) is 2.57. The molecule has 6 aromatic heterocycles. The molecular formula is C59H34IrN11OPt. The summed E-state index contributed by atoms with van der Waals surface area (Å²) in [6.45, 7) is 0. The quantitative estimate of drug-likeness (QED) is 0.109. The van der Waals surface area contributed by atoms with Crippen molar-refractivity contribution in [3.8, 4) is 113 Å². The fourth-order valence-corrected chi connectivity index (χ4v) is 8.29. The Morgan fingerprint density at radius 3 is 1.51 bits per heavy atom. The van der Waals surface area contributed by atoms with E-state index in [1.807, 2.05) is 137 Å². The first-order chi connectivity index (χ1) is 35.2. The Labute approximate surface area is 448 Å². The molecule has 0 saturated heterocycles. The van der Waals surface area contributed by atoms with Gasteiger partial charge < -0.3 is 38.8 Å². The summed E-state index contributed by atoms with van der Waals surface area (Å²) in [7, 11) is 0. The predicted molar refractivity (Wildman–Crippen MR) is 269 cm³/mol. The first-order valence-electron chi connectivity index (χ1n) is 22.5. The molecule has 0 spiro atoms. The number of ether oxygens (including phenoxy) is 1. The van der Waals surface area contributed by atoms with E-state index < -0.39 is 0 Å². The fourth-order valence-electron chi connectivity index (χ4n) is 8.29. The molecule has 0 N–H and O–H groups in total. The Morgan fingerprint density at radius 1 is 0.425 bits per heavy atom. The summed E-state index contributed by atoms with van der Waals surface area (Å²) in [5, 5.41) is 18.3. The summed E-state index contributed by atoms with van der Waals surface area (Å²) < 4.78 is 10.7. The molecule has 0 radical (unpaired) electrons. The van der Waals surface area contributed by atoms with Gasteiger partial charge in [-0.25, -0.2) is 17.7 Å². The number of nitrogens with zero attached hydrogens (tertiary/aromatic N) is 11. The molecule has 0 aliphatic carbocycles. The zero-order valence-electron chi connectivity index (χ0n) is 38.1. The van der Waals surface area contributed by atoms with E-state index in [9.17, 15) is 0 Å². The summed E-state index contributed by atoms with van der Waals surface area (Å²) in [6.07, 6.45) is 12.1. The van der Waals surface area contributed by atoms with E-state index in [-0.39, 0.29) is 41.2 Å². The molecule has 0 fully saturated rings. The van der Waals surface area contributed by atoms with Gasteiger partial charge in [0, 0.05) is 47.9 Å². The van der Waals surface area contributed by atoms with Crippen molar-refractivity contribution in [3.63, 3.8) is 0 Å². The van der Waals surface area contributed by atoms with Crippen LogP contribution in [0.15, 0.2) is 207 Å². The smallest absolute Gasteiger partial charge is 0.515 e. The summed E-state index contributed by atoms with van der Waals surface area (Å²) >= 11 is 0. The third kappa shape index (κ3) is 10.1. The van der Waals surface area contributed by atoms with Gasteiger partial charge in [-0.15, -0.1) is 109 Å². The molecule has 12 nitrogen and oxygen atoms in total. The van der Waals surface area contributed by atoms with Gasteiger partial charge in [0.25, 0.3) is 0 Å². The average molecular weight is 1300 g/mol. The van der Waals surface area contributed by atoms with Crippen molar-refractivity contribution in [3.05, 3.63) is 238 Å². The van der Waals surface area contributed by atoms with E-state index in [1.165, 1.54) is 0 Å². The van der Waals surface area contributed by atoms with Crippen LogP contribution in [-0.2, 0) is 41.2 Å². The van der Waals surface area contributed by atoms with Gasteiger partial charge in [-0.2, -0.15) is 0 Å². The zero-order valence-corrected chi connectivity index (χ0v) is 42.8. The van der Waals surface area contributed by atoms with Gasteiger partial charge in [-0.1, -0.05) is 72.3 Å². The van der Waals surface area contributed by atoms with E-state index in [0.29, 0.717) is 34.5 Å². The van der Waals surface area contributed by atoms with E-state index in [0.717, 1.165) is 78.5 Å². The fraction of sp³-hybridized carbons (Fsp3) is 0. The molecule has 14 heteroatoms. The van der Waals surface area contributed by atoms with Crippen molar-refractivity contribution < 1.29 is 45.9 Å². The maximum Gasteiger partial charge on any atom is 3.00 e. The van der Waals surface area contributed by atoms with Crippen LogP contribution in [0.25, 0.3) is 102 Å². The largest absolute Gasteiger partial charge is 3.00 e. The maximum absolute atomic E-state index is 6.78. The molecule has 0 aliphatic heterocycles. The first-order valence-corrected chi connectivity index (χ1v) is 22.5. The molecule has 0 amide bonds. The topological polar surface area (TPSA) is 135 Å². The molecule has 12 rings (SSSR count). The molecule has 6 aromatic carbocycles. The van der Waals surface area contributed by atoms with Crippen LogP contribution in [0.1, 0.15) is 0 Å². The molecule has 12 aromatic rings. The third-order valence-corrected chi connectivity index (χ3v) is 11.7. The number of hydrogen-bond acceptors (Lipinski definition) is 10. The molecule has 0 bridgehead atoms. The molecule has 0 aliphatic rings. The standard InChI is InChI=1S/C59H34N11O.Ir.Pt/c1-2-14-51(52-27-22-43(57-63-31-10-32-64-57)37-56(52)71-49-12-9-11-42(36-49)55-17-5-8-30-62-55)50(13-1)44-33-45(58-67-65-38-69(58)47-23-18-40(19-24-47)53-15-3-6-28-60-53)35-46(34-44)59-68-66-39-70(59)48-25-20-41(21-26-48)54-16-4-7-29-61-54;;/h1-18,20,23-35,38-39H;;/q-5;+3;+2. The van der Waals surface area contributed by atoms with E-state index >= 15 is 0 Å². The molecule has 73 heavy (non-hydrogen) atoms. The maximum atomic E-state index is 6.78. The minimum Gasteiger partial charge on any atom is -0.515 e.